The first-order chi connectivity index (χ1) is 7.65. The number of pyridine rings is 1. The van der Waals surface area contributed by atoms with Crippen LogP contribution < -0.4 is 0 Å². The fourth-order valence-corrected chi connectivity index (χ4v) is 1.80. The second kappa shape index (κ2) is 4.31. The second-order valence-corrected chi connectivity index (χ2v) is 3.96. The number of aromatic carboxylic acids is 1. The van der Waals surface area contributed by atoms with E-state index < -0.39 is 5.97 Å². The topological polar surface area (TPSA) is 91.8 Å². The molecule has 0 saturated heterocycles. The molecule has 0 fully saturated rings. The minimum absolute atomic E-state index is 0.0113. The molecule has 2 heterocycles. The number of carboxylic acid groups (broad SMARTS) is 1. The highest BCUT2D eigenvalue weighted by atomic mass is 32.2. The molecule has 2 aromatic heterocycles. The second-order valence-electron chi connectivity index (χ2n) is 2.97. The molecule has 16 heavy (non-hydrogen) atoms. The third-order valence-corrected chi connectivity index (χ3v) is 2.52. The van der Waals surface area contributed by atoms with Crippen LogP contribution in [0.4, 0.5) is 0 Å². The highest BCUT2D eigenvalue weighted by Gasteiger charge is 2.08. The van der Waals surface area contributed by atoms with Gasteiger partial charge in [-0.3, -0.25) is 5.10 Å². The van der Waals surface area contributed by atoms with E-state index in [1.165, 1.54) is 17.8 Å². The summed E-state index contributed by atoms with van der Waals surface area (Å²) in [5.41, 5.74) is 0.0113. The van der Waals surface area contributed by atoms with E-state index in [2.05, 4.69) is 20.2 Å². The zero-order valence-corrected chi connectivity index (χ0v) is 9.15. The van der Waals surface area contributed by atoms with Gasteiger partial charge in [-0.15, -0.1) is 5.10 Å². The summed E-state index contributed by atoms with van der Waals surface area (Å²) in [6.45, 7) is 1.79. The number of aromatic nitrogens is 4. The summed E-state index contributed by atoms with van der Waals surface area (Å²) >= 11 is 1.21. The van der Waals surface area contributed by atoms with Gasteiger partial charge in [-0.1, -0.05) is 6.07 Å². The largest absolute Gasteiger partial charge is 0.477 e. The van der Waals surface area contributed by atoms with Crippen molar-refractivity contribution in [3.05, 3.63) is 29.7 Å². The van der Waals surface area contributed by atoms with Crippen LogP contribution >= 0.6 is 11.8 Å². The van der Waals surface area contributed by atoms with Crippen molar-refractivity contribution in [2.24, 2.45) is 0 Å². The summed E-state index contributed by atoms with van der Waals surface area (Å²) in [7, 11) is 0. The van der Waals surface area contributed by atoms with Gasteiger partial charge >= 0.3 is 5.97 Å². The number of nitrogens with one attached hydrogen (secondary N) is 1. The van der Waals surface area contributed by atoms with Crippen LogP contribution in [-0.4, -0.2) is 31.2 Å². The third-order valence-electron chi connectivity index (χ3n) is 1.72. The van der Waals surface area contributed by atoms with Crippen LogP contribution in [0, 0.1) is 6.92 Å². The van der Waals surface area contributed by atoms with Crippen molar-refractivity contribution in [2.75, 3.05) is 0 Å². The van der Waals surface area contributed by atoms with Gasteiger partial charge < -0.3 is 5.11 Å². The summed E-state index contributed by atoms with van der Waals surface area (Å²) in [6, 6.07) is 4.79. The molecule has 2 rings (SSSR count). The van der Waals surface area contributed by atoms with Gasteiger partial charge in [-0.2, -0.15) is 0 Å². The van der Waals surface area contributed by atoms with Crippen molar-refractivity contribution in [1.29, 1.82) is 0 Å². The van der Waals surface area contributed by atoms with Gasteiger partial charge in [0.2, 0.25) is 5.16 Å². The molecule has 7 heteroatoms. The summed E-state index contributed by atoms with van der Waals surface area (Å²) in [5, 5.41) is 16.5. The van der Waals surface area contributed by atoms with Crippen LogP contribution in [-0.2, 0) is 0 Å². The smallest absolute Gasteiger partial charge is 0.354 e. The molecule has 0 unspecified atom stereocenters. The highest BCUT2D eigenvalue weighted by Crippen LogP contribution is 2.22. The lowest BCUT2D eigenvalue weighted by Crippen LogP contribution is -2.00. The normalized spacial score (nSPS) is 10.3. The number of carboxylic acids is 1. The van der Waals surface area contributed by atoms with Crippen LogP contribution in [0.25, 0.3) is 0 Å². The van der Waals surface area contributed by atoms with E-state index in [1.54, 1.807) is 19.1 Å². The van der Waals surface area contributed by atoms with E-state index in [0.717, 1.165) is 0 Å². The van der Waals surface area contributed by atoms with Crippen molar-refractivity contribution >= 4 is 17.7 Å². The number of rotatable bonds is 3. The Hall–Kier alpha value is -1.89. The van der Waals surface area contributed by atoms with Gasteiger partial charge in [0.1, 0.15) is 16.5 Å². The summed E-state index contributed by atoms with van der Waals surface area (Å²) in [5.74, 6) is -0.342. The first kappa shape index (κ1) is 10.6. The maximum Gasteiger partial charge on any atom is 0.354 e. The minimum Gasteiger partial charge on any atom is -0.477 e. The molecule has 0 atom stereocenters. The third kappa shape index (κ3) is 2.37. The Morgan fingerprint density at radius 2 is 2.25 bits per heavy atom. The van der Waals surface area contributed by atoms with E-state index in [0.29, 0.717) is 16.0 Å². The monoisotopic (exact) mass is 236 g/mol. The number of hydrogen-bond acceptors (Lipinski definition) is 5. The number of aryl methyl sites for hydroxylation is 1. The van der Waals surface area contributed by atoms with Crippen molar-refractivity contribution < 1.29 is 9.90 Å². The molecular formula is C9H8N4O2S. The van der Waals surface area contributed by atoms with Gasteiger partial charge in [0.15, 0.2) is 0 Å². The average molecular weight is 236 g/mol. The summed E-state index contributed by atoms with van der Waals surface area (Å²) < 4.78 is 0. The molecule has 0 aliphatic rings. The Labute approximate surface area is 95.1 Å². The van der Waals surface area contributed by atoms with Crippen LogP contribution in [0.3, 0.4) is 0 Å². The summed E-state index contributed by atoms with van der Waals surface area (Å²) in [4.78, 5) is 18.7. The molecule has 0 aliphatic carbocycles. The van der Waals surface area contributed by atoms with E-state index in [9.17, 15) is 4.79 Å². The van der Waals surface area contributed by atoms with Gasteiger partial charge in [0.05, 0.1) is 0 Å². The molecule has 82 valence electrons. The molecule has 2 N–H and O–H groups in total. The van der Waals surface area contributed by atoms with E-state index in [4.69, 9.17) is 5.11 Å². The Morgan fingerprint density at radius 3 is 2.88 bits per heavy atom. The van der Waals surface area contributed by atoms with Crippen LogP contribution in [0.1, 0.15) is 16.3 Å². The quantitative estimate of drug-likeness (QED) is 0.835. The molecule has 2 aromatic rings. The number of aromatic amines is 1. The van der Waals surface area contributed by atoms with Crippen LogP contribution in [0.5, 0.6) is 0 Å². The first-order valence-corrected chi connectivity index (χ1v) is 5.24. The highest BCUT2D eigenvalue weighted by molar-refractivity contribution is 7.99. The maximum atomic E-state index is 10.7. The van der Waals surface area contributed by atoms with Crippen molar-refractivity contribution in [1.82, 2.24) is 20.2 Å². The lowest BCUT2D eigenvalue weighted by Gasteiger charge is -1.97. The van der Waals surface area contributed by atoms with E-state index >= 15 is 0 Å². The SMILES string of the molecule is Cc1nc(Sc2cccc(C(=O)O)n2)n[nH]1. The number of hydrogen-bond donors (Lipinski definition) is 2. The number of nitrogens with zero attached hydrogens (tertiary/aromatic N) is 3. The predicted molar refractivity (Wildman–Crippen MR) is 56.4 cm³/mol. The number of carbonyl (C=O) groups is 1. The maximum absolute atomic E-state index is 10.7. The lowest BCUT2D eigenvalue weighted by molar-refractivity contribution is 0.0689. The Kier molecular flexibility index (Phi) is 2.86. The summed E-state index contributed by atoms with van der Waals surface area (Å²) in [6.07, 6.45) is 0. The average Bonchev–Trinajstić information content (AvgIpc) is 2.64. The van der Waals surface area contributed by atoms with Crippen molar-refractivity contribution in [3.63, 3.8) is 0 Å². The van der Waals surface area contributed by atoms with E-state index in [-0.39, 0.29) is 5.69 Å². The zero-order valence-electron chi connectivity index (χ0n) is 8.34. The fourth-order valence-electron chi connectivity index (χ4n) is 1.05. The zero-order chi connectivity index (χ0) is 11.5. The Balaban J connectivity index is 2.21. The van der Waals surface area contributed by atoms with Gasteiger partial charge in [0, 0.05) is 0 Å². The minimum atomic E-state index is -1.05. The van der Waals surface area contributed by atoms with Gasteiger partial charge in [-0.25, -0.2) is 14.8 Å². The van der Waals surface area contributed by atoms with Crippen LogP contribution in [0.15, 0.2) is 28.4 Å². The lowest BCUT2D eigenvalue weighted by atomic mass is 10.4. The Bertz CT molecular complexity index is 526. The number of H-pyrrole nitrogens is 1. The first-order valence-electron chi connectivity index (χ1n) is 4.42. The molecular weight excluding hydrogens is 228 g/mol. The van der Waals surface area contributed by atoms with Crippen molar-refractivity contribution in [2.45, 2.75) is 17.1 Å². The van der Waals surface area contributed by atoms with Crippen LogP contribution in [0.2, 0.25) is 0 Å². The van der Waals surface area contributed by atoms with Gasteiger partial charge in [0.25, 0.3) is 0 Å². The van der Waals surface area contributed by atoms with E-state index in [1.807, 2.05) is 0 Å². The molecule has 0 spiro atoms. The molecule has 6 nitrogen and oxygen atoms in total. The molecule has 0 radical (unpaired) electrons. The molecule has 0 aliphatic heterocycles. The molecule has 0 amide bonds. The molecule has 0 saturated carbocycles. The van der Waals surface area contributed by atoms with Gasteiger partial charge in [-0.05, 0) is 30.8 Å². The predicted octanol–water partition coefficient (Wildman–Crippen LogP) is 1.36. The molecule has 0 bridgehead atoms. The van der Waals surface area contributed by atoms with Crippen molar-refractivity contribution in [3.8, 4) is 0 Å². The fraction of sp³-hybridized carbons (Fsp3) is 0.111. The molecule has 0 aromatic carbocycles. The Morgan fingerprint density at radius 1 is 1.44 bits per heavy atom. The standard InChI is InChI=1S/C9H8N4O2S/c1-5-10-9(13-12-5)16-7-4-2-3-6(11-7)8(14)15/h2-4H,1H3,(H,14,15)(H,10,12,13).